The number of halogens is 1. The van der Waals surface area contributed by atoms with Crippen molar-refractivity contribution < 1.29 is 4.39 Å². The minimum Gasteiger partial charge on any atom is -0.356 e. The molecule has 2 heteroatoms. The second-order valence-corrected chi connectivity index (χ2v) is 5.45. The molecule has 1 aromatic carbocycles. The quantitative estimate of drug-likeness (QED) is 0.777. The molecule has 0 spiro atoms. The summed E-state index contributed by atoms with van der Waals surface area (Å²) in [6.07, 6.45) is 4.35. The molecule has 2 aromatic rings. The zero-order chi connectivity index (χ0) is 13.1. The van der Waals surface area contributed by atoms with Crippen LogP contribution in [-0.2, 0) is 12.8 Å². The first-order valence-electron chi connectivity index (χ1n) is 6.91. The summed E-state index contributed by atoms with van der Waals surface area (Å²) in [4.78, 5) is 3.30. The summed E-state index contributed by atoms with van der Waals surface area (Å²) in [6.45, 7) is 6.61. The maximum atomic E-state index is 13.8. The van der Waals surface area contributed by atoms with Crippen LogP contribution in [0.5, 0.6) is 0 Å². The standard InChI is InChI=1S/C16H22FN/c1-4-5-9-15-13(10-11(2)3)12-7-6-8-14(17)16(12)18-15/h6-8,11,18H,4-5,9-10H2,1-3H3. The zero-order valence-electron chi connectivity index (χ0n) is 11.5. The average Bonchev–Trinajstić information content (AvgIpc) is 2.66. The van der Waals surface area contributed by atoms with Crippen molar-refractivity contribution in [2.45, 2.75) is 46.5 Å². The monoisotopic (exact) mass is 247 g/mol. The molecule has 0 bridgehead atoms. The molecular formula is C16H22FN. The van der Waals surface area contributed by atoms with E-state index in [1.165, 1.54) is 23.7 Å². The normalized spacial score (nSPS) is 11.6. The molecule has 0 aliphatic carbocycles. The fourth-order valence-electron chi connectivity index (χ4n) is 2.50. The highest BCUT2D eigenvalue weighted by Crippen LogP contribution is 2.27. The number of nitrogens with one attached hydrogen (secondary N) is 1. The van der Waals surface area contributed by atoms with Gasteiger partial charge < -0.3 is 4.98 Å². The van der Waals surface area contributed by atoms with Gasteiger partial charge in [0.25, 0.3) is 0 Å². The van der Waals surface area contributed by atoms with E-state index in [-0.39, 0.29) is 5.82 Å². The summed E-state index contributed by atoms with van der Waals surface area (Å²) in [6, 6.07) is 5.36. The Morgan fingerprint density at radius 2 is 2.06 bits per heavy atom. The minimum absolute atomic E-state index is 0.139. The van der Waals surface area contributed by atoms with Crippen molar-refractivity contribution in [3.8, 4) is 0 Å². The number of aryl methyl sites for hydroxylation is 1. The number of hydrogen-bond donors (Lipinski definition) is 1. The van der Waals surface area contributed by atoms with Gasteiger partial charge in [-0.3, -0.25) is 0 Å². The van der Waals surface area contributed by atoms with E-state index in [0.29, 0.717) is 11.4 Å². The number of H-pyrrole nitrogens is 1. The van der Waals surface area contributed by atoms with E-state index in [0.717, 1.165) is 24.6 Å². The van der Waals surface area contributed by atoms with Crippen molar-refractivity contribution in [3.05, 3.63) is 35.3 Å². The number of fused-ring (bicyclic) bond motifs is 1. The Kier molecular flexibility index (Phi) is 4.05. The summed E-state index contributed by atoms with van der Waals surface area (Å²) < 4.78 is 13.8. The number of unbranched alkanes of at least 4 members (excludes halogenated alkanes) is 1. The molecule has 0 radical (unpaired) electrons. The average molecular weight is 247 g/mol. The van der Waals surface area contributed by atoms with E-state index in [1.807, 2.05) is 6.07 Å². The Morgan fingerprint density at radius 1 is 1.28 bits per heavy atom. The van der Waals surface area contributed by atoms with Gasteiger partial charge in [-0.05, 0) is 36.8 Å². The van der Waals surface area contributed by atoms with Gasteiger partial charge in [0, 0.05) is 11.1 Å². The van der Waals surface area contributed by atoms with Crippen LogP contribution in [-0.4, -0.2) is 4.98 Å². The van der Waals surface area contributed by atoms with Crippen molar-refractivity contribution in [1.29, 1.82) is 0 Å². The predicted molar refractivity (Wildman–Crippen MR) is 75.4 cm³/mol. The molecular weight excluding hydrogens is 225 g/mol. The Labute approximate surface area is 108 Å². The summed E-state index contributed by atoms with van der Waals surface area (Å²) in [5.74, 6) is 0.452. The smallest absolute Gasteiger partial charge is 0.147 e. The first kappa shape index (κ1) is 13.1. The molecule has 1 aromatic heterocycles. The zero-order valence-corrected chi connectivity index (χ0v) is 11.5. The fraction of sp³-hybridized carbons (Fsp3) is 0.500. The molecule has 18 heavy (non-hydrogen) atoms. The van der Waals surface area contributed by atoms with Crippen LogP contribution in [0.15, 0.2) is 18.2 Å². The lowest BCUT2D eigenvalue weighted by Gasteiger charge is -2.07. The highest BCUT2D eigenvalue weighted by Gasteiger charge is 2.14. The van der Waals surface area contributed by atoms with Crippen LogP contribution >= 0.6 is 0 Å². The maximum absolute atomic E-state index is 13.8. The molecule has 0 aliphatic heterocycles. The molecule has 0 saturated carbocycles. The van der Waals surface area contributed by atoms with E-state index in [1.54, 1.807) is 6.07 Å². The summed E-state index contributed by atoms with van der Waals surface area (Å²) >= 11 is 0. The number of aromatic amines is 1. The number of benzene rings is 1. The van der Waals surface area contributed by atoms with Crippen LogP contribution in [0.3, 0.4) is 0 Å². The molecule has 0 fully saturated rings. The van der Waals surface area contributed by atoms with Crippen molar-refractivity contribution in [3.63, 3.8) is 0 Å². The van der Waals surface area contributed by atoms with E-state index in [2.05, 4.69) is 25.8 Å². The van der Waals surface area contributed by atoms with Gasteiger partial charge in [0.2, 0.25) is 0 Å². The van der Waals surface area contributed by atoms with Crippen molar-refractivity contribution in [2.24, 2.45) is 5.92 Å². The molecule has 1 N–H and O–H groups in total. The minimum atomic E-state index is -0.139. The molecule has 0 amide bonds. The van der Waals surface area contributed by atoms with Crippen LogP contribution in [0.2, 0.25) is 0 Å². The maximum Gasteiger partial charge on any atom is 0.147 e. The predicted octanol–water partition coefficient (Wildman–Crippen LogP) is 4.85. The summed E-state index contributed by atoms with van der Waals surface area (Å²) in [5.41, 5.74) is 3.22. The van der Waals surface area contributed by atoms with Crippen LogP contribution in [0, 0.1) is 11.7 Å². The molecule has 2 rings (SSSR count). The van der Waals surface area contributed by atoms with Gasteiger partial charge in [0.1, 0.15) is 5.82 Å². The van der Waals surface area contributed by atoms with Gasteiger partial charge in [-0.2, -0.15) is 0 Å². The van der Waals surface area contributed by atoms with Gasteiger partial charge in [0.05, 0.1) is 5.52 Å². The van der Waals surface area contributed by atoms with Crippen LogP contribution in [0.25, 0.3) is 10.9 Å². The molecule has 98 valence electrons. The molecule has 0 aliphatic rings. The molecule has 0 atom stereocenters. The fourth-order valence-corrected chi connectivity index (χ4v) is 2.50. The van der Waals surface area contributed by atoms with Gasteiger partial charge in [-0.1, -0.05) is 39.3 Å². The van der Waals surface area contributed by atoms with E-state index in [9.17, 15) is 4.39 Å². The molecule has 1 heterocycles. The molecule has 0 unspecified atom stereocenters. The first-order chi connectivity index (χ1) is 8.63. The van der Waals surface area contributed by atoms with E-state index < -0.39 is 0 Å². The second-order valence-electron chi connectivity index (χ2n) is 5.45. The van der Waals surface area contributed by atoms with Crippen molar-refractivity contribution >= 4 is 10.9 Å². The Bertz CT molecular complexity index is 525. The lowest BCUT2D eigenvalue weighted by atomic mass is 9.98. The van der Waals surface area contributed by atoms with Crippen molar-refractivity contribution in [2.75, 3.05) is 0 Å². The summed E-state index contributed by atoms with van der Waals surface area (Å²) in [7, 11) is 0. The number of para-hydroxylation sites is 1. The Balaban J connectivity index is 2.49. The Hall–Kier alpha value is -1.31. The lowest BCUT2D eigenvalue weighted by Crippen LogP contribution is -1.98. The number of rotatable bonds is 5. The highest BCUT2D eigenvalue weighted by molar-refractivity contribution is 5.85. The van der Waals surface area contributed by atoms with E-state index in [4.69, 9.17) is 0 Å². The summed E-state index contributed by atoms with van der Waals surface area (Å²) in [5, 5.41) is 1.06. The third kappa shape index (κ3) is 2.58. The van der Waals surface area contributed by atoms with Crippen LogP contribution in [0.4, 0.5) is 4.39 Å². The number of hydrogen-bond acceptors (Lipinski definition) is 0. The molecule has 0 saturated heterocycles. The van der Waals surface area contributed by atoms with Crippen molar-refractivity contribution in [1.82, 2.24) is 4.98 Å². The highest BCUT2D eigenvalue weighted by atomic mass is 19.1. The van der Waals surface area contributed by atoms with E-state index >= 15 is 0 Å². The Morgan fingerprint density at radius 3 is 2.72 bits per heavy atom. The first-order valence-corrected chi connectivity index (χ1v) is 6.91. The van der Waals surface area contributed by atoms with Crippen LogP contribution in [0.1, 0.15) is 44.9 Å². The van der Waals surface area contributed by atoms with Crippen LogP contribution < -0.4 is 0 Å². The third-order valence-electron chi connectivity index (χ3n) is 3.37. The van der Waals surface area contributed by atoms with Gasteiger partial charge in [0.15, 0.2) is 0 Å². The van der Waals surface area contributed by atoms with Gasteiger partial charge in [-0.25, -0.2) is 4.39 Å². The lowest BCUT2D eigenvalue weighted by molar-refractivity contribution is 0.636. The van der Waals surface area contributed by atoms with Gasteiger partial charge in [-0.15, -0.1) is 0 Å². The SMILES string of the molecule is CCCCc1[nH]c2c(F)cccc2c1CC(C)C. The number of aromatic nitrogens is 1. The molecule has 1 nitrogen and oxygen atoms in total. The third-order valence-corrected chi connectivity index (χ3v) is 3.37. The second kappa shape index (κ2) is 5.55. The largest absolute Gasteiger partial charge is 0.356 e. The topological polar surface area (TPSA) is 15.8 Å². The van der Waals surface area contributed by atoms with Gasteiger partial charge >= 0.3 is 0 Å².